The van der Waals surface area contributed by atoms with Crippen LogP contribution in [-0.4, -0.2) is 47.1 Å². The lowest BCUT2D eigenvalue weighted by Gasteiger charge is -2.33. The second kappa shape index (κ2) is 8.19. The quantitative estimate of drug-likeness (QED) is 0.862. The van der Waals surface area contributed by atoms with Gasteiger partial charge in [0.05, 0.1) is 18.9 Å². The summed E-state index contributed by atoms with van der Waals surface area (Å²) in [6.07, 6.45) is 3.56. The number of pyridine rings is 1. The highest BCUT2D eigenvalue weighted by atomic mass is 16.5. The summed E-state index contributed by atoms with van der Waals surface area (Å²) in [6.45, 7) is 4.39. The second-order valence-electron chi connectivity index (χ2n) is 6.74. The fraction of sp³-hybridized carbons (Fsp3) is 0.400. The van der Waals surface area contributed by atoms with E-state index >= 15 is 0 Å². The summed E-state index contributed by atoms with van der Waals surface area (Å²) in [6, 6.07) is 9.16. The number of rotatable bonds is 5. The van der Waals surface area contributed by atoms with Crippen LogP contribution in [0.15, 0.2) is 36.5 Å². The van der Waals surface area contributed by atoms with E-state index < -0.39 is 0 Å². The Morgan fingerprint density at radius 3 is 3.04 bits per heavy atom. The summed E-state index contributed by atoms with van der Waals surface area (Å²) < 4.78 is 5.26. The number of nitrogens with zero attached hydrogens (tertiary/aromatic N) is 2. The molecule has 1 aromatic carbocycles. The highest BCUT2D eigenvalue weighted by Gasteiger charge is 2.23. The molecule has 0 saturated carbocycles. The van der Waals surface area contributed by atoms with Gasteiger partial charge < -0.3 is 15.2 Å². The van der Waals surface area contributed by atoms with E-state index in [0.717, 1.165) is 43.7 Å². The van der Waals surface area contributed by atoms with Crippen LogP contribution in [0.2, 0.25) is 0 Å². The van der Waals surface area contributed by atoms with Crippen LogP contribution >= 0.6 is 0 Å². The summed E-state index contributed by atoms with van der Waals surface area (Å²) in [7, 11) is 1.54. The van der Waals surface area contributed by atoms with E-state index in [1.54, 1.807) is 31.5 Å². The Morgan fingerprint density at radius 1 is 1.42 bits per heavy atom. The Labute approximate surface area is 153 Å². The molecule has 26 heavy (non-hydrogen) atoms. The van der Waals surface area contributed by atoms with Crippen molar-refractivity contribution in [3.05, 3.63) is 53.3 Å². The van der Waals surface area contributed by atoms with Crippen LogP contribution in [0.1, 0.15) is 34.5 Å². The molecule has 3 rings (SSSR count). The minimum atomic E-state index is -0.128. The number of phenols is 1. The first-order valence-corrected chi connectivity index (χ1v) is 8.87. The van der Waals surface area contributed by atoms with Crippen LogP contribution in [0.5, 0.6) is 11.5 Å². The van der Waals surface area contributed by atoms with Crippen LogP contribution in [0.25, 0.3) is 0 Å². The maximum atomic E-state index is 12.7. The molecule has 1 aromatic heterocycles. The number of aryl methyl sites for hydroxylation is 1. The Morgan fingerprint density at radius 2 is 2.27 bits per heavy atom. The van der Waals surface area contributed by atoms with E-state index in [2.05, 4.69) is 15.2 Å². The van der Waals surface area contributed by atoms with Gasteiger partial charge in [0.2, 0.25) is 0 Å². The van der Waals surface area contributed by atoms with E-state index in [0.29, 0.717) is 11.3 Å². The fourth-order valence-electron chi connectivity index (χ4n) is 3.38. The lowest BCUT2D eigenvalue weighted by molar-refractivity contribution is 0.0897. The lowest BCUT2D eigenvalue weighted by atomic mass is 10.0. The molecule has 2 heterocycles. The highest BCUT2D eigenvalue weighted by molar-refractivity contribution is 5.97. The Hall–Kier alpha value is -2.60. The predicted molar refractivity (Wildman–Crippen MR) is 99.4 cm³/mol. The number of hydrogen-bond acceptors (Lipinski definition) is 5. The number of aromatic hydroxyl groups is 1. The van der Waals surface area contributed by atoms with Gasteiger partial charge in [-0.05, 0) is 50.1 Å². The van der Waals surface area contributed by atoms with Gasteiger partial charge >= 0.3 is 0 Å². The van der Waals surface area contributed by atoms with Crippen molar-refractivity contribution in [2.75, 3.05) is 20.2 Å². The molecule has 2 aromatic rings. The third kappa shape index (κ3) is 4.52. The SMILES string of the molecule is COc1cnc(C)cc1C(=O)NC1CCCN(Cc2cccc(O)c2)C1. The van der Waals surface area contributed by atoms with Crippen LogP contribution in [0.3, 0.4) is 0 Å². The van der Waals surface area contributed by atoms with Crippen LogP contribution in [-0.2, 0) is 6.54 Å². The topological polar surface area (TPSA) is 74.7 Å². The van der Waals surface area contributed by atoms with Crippen molar-refractivity contribution in [1.82, 2.24) is 15.2 Å². The predicted octanol–water partition coefficient (Wildman–Crippen LogP) is 2.50. The largest absolute Gasteiger partial charge is 0.508 e. The zero-order valence-electron chi connectivity index (χ0n) is 15.2. The molecule has 2 N–H and O–H groups in total. The van der Waals surface area contributed by atoms with Crippen LogP contribution < -0.4 is 10.1 Å². The number of amides is 1. The van der Waals surface area contributed by atoms with Gasteiger partial charge in [-0.15, -0.1) is 0 Å². The van der Waals surface area contributed by atoms with Gasteiger partial charge in [0.25, 0.3) is 5.91 Å². The molecule has 1 amide bonds. The minimum absolute atomic E-state index is 0.0896. The van der Waals surface area contributed by atoms with Crippen molar-refractivity contribution in [2.24, 2.45) is 0 Å². The molecule has 6 heteroatoms. The summed E-state index contributed by atoms with van der Waals surface area (Å²) >= 11 is 0. The van der Waals surface area contributed by atoms with Gasteiger partial charge in [0.1, 0.15) is 11.5 Å². The minimum Gasteiger partial charge on any atom is -0.508 e. The maximum Gasteiger partial charge on any atom is 0.255 e. The number of phenolic OH excluding ortho intramolecular Hbond substituents is 1. The van der Waals surface area contributed by atoms with E-state index in [9.17, 15) is 9.90 Å². The number of likely N-dealkylation sites (tertiary alicyclic amines) is 1. The van der Waals surface area contributed by atoms with E-state index in [1.165, 1.54) is 0 Å². The number of piperidine rings is 1. The first-order valence-electron chi connectivity index (χ1n) is 8.87. The molecule has 1 aliphatic rings. The number of nitrogens with one attached hydrogen (secondary N) is 1. The molecule has 138 valence electrons. The Kier molecular flexibility index (Phi) is 5.73. The third-order valence-electron chi connectivity index (χ3n) is 4.63. The number of carbonyl (C=O) groups is 1. The van der Waals surface area contributed by atoms with Crippen molar-refractivity contribution >= 4 is 5.91 Å². The summed E-state index contributed by atoms with van der Waals surface area (Å²) in [5.41, 5.74) is 2.37. The summed E-state index contributed by atoms with van der Waals surface area (Å²) in [4.78, 5) is 19.2. The van der Waals surface area contributed by atoms with Crippen molar-refractivity contribution in [3.63, 3.8) is 0 Å². The number of aromatic nitrogens is 1. The normalized spacial score (nSPS) is 17.7. The number of benzene rings is 1. The Balaban J connectivity index is 1.63. The maximum absolute atomic E-state index is 12.7. The van der Waals surface area contributed by atoms with Crippen LogP contribution in [0, 0.1) is 6.92 Å². The van der Waals surface area contributed by atoms with Gasteiger partial charge in [0.15, 0.2) is 0 Å². The first-order chi connectivity index (χ1) is 12.5. The zero-order chi connectivity index (χ0) is 18.5. The van der Waals surface area contributed by atoms with Crippen molar-refractivity contribution in [2.45, 2.75) is 32.4 Å². The standard InChI is InChI=1S/C20H25N3O3/c1-14-9-18(19(26-2)11-21-14)20(25)22-16-6-4-8-23(13-16)12-15-5-3-7-17(24)10-15/h3,5,7,9-11,16,24H,4,6,8,12-13H2,1-2H3,(H,22,25). The van der Waals surface area contributed by atoms with Gasteiger partial charge in [0, 0.05) is 24.8 Å². The molecule has 0 aliphatic carbocycles. The van der Waals surface area contributed by atoms with Crippen LogP contribution in [0.4, 0.5) is 0 Å². The number of methoxy groups -OCH3 is 1. The summed E-state index contributed by atoms with van der Waals surface area (Å²) in [5.74, 6) is 0.640. The smallest absolute Gasteiger partial charge is 0.255 e. The van der Waals surface area contributed by atoms with Gasteiger partial charge in [-0.1, -0.05) is 12.1 Å². The molecule has 0 bridgehead atoms. The van der Waals surface area contributed by atoms with Crippen molar-refractivity contribution in [3.8, 4) is 11.5 Å². The molecular formula is C20H25N3O3. The fourth-order valence-corrected chi connectivity index (χ4v) is 3.38. The van der Waals surface area contributed by atoms with Gasteiger partial charge in [-0.3, -0.25) is 14.7 Å². The van der Waals surface area contributed by atoms with E-state index in [1.807, 2.05) is 19.1 Å². The average molecular weight is 355 g/mol. The zero-order valence-corrected chi connectivity index (χ0v) is 15.2. The molecule has 6 nitrogen and oxygen atoms in total. The van der Waals surface area contributed by atoms with Crippen molar-refractivity contribution < 1.29 is 14.6 Å². The molecule has 1 saturated heterocycles. The molecule has 1 fully saturated rings. The Bertz CT molecular complexity index is 779. The average Bonchev–Trinajstić information content (AvgIpc) is 2.62. The molecule has 1 atom stereocenters. The highest BCUT2D eigenvalue weighted by Crippen LogP contribution is 2.20. The molecular weight excluding hydrogens is 330 g/mol. The molecule has 1 unspecified atom stereocenters. The lowest BCUT2D eigenvalue weighted by Crippen LogP contribution is -2.47. The van der Waals surface area contributed by atoms with Gasteiger partial charge in [-0.2, -0.15) is 0 Å². The number of carbonyl (C=O) groups excluding carboxylic acids is 1. The van der Waals surface area contributed by atoms with Gasteiger partial charge in [-0.25, -0.2) is 0 Å². The van der Waals surface area contributed by atoms with Crippen molar-refractivity contribution in [1.29, 1.82) is 0 Å². The monoisotopic (exact) mass is 355 g/mol. The molecule has 0 spiro atoms. The molecule has 1 aliphatic heterocycles. The first kappa shape index (κ1) is 18.2. The third-order valence-corrected chi connectivity index (χ3v) is 4.63. The van der Waals surface area contributed by atoms with E-state index in [-0.39, 0.29) is 17.7 Å². The summed E-state index contributed by atoms with van der Waals surface area (Å²) in [5, 5.41) is 12.7. The number of ether oxygens (including phenoxy) is 1. The second-order valence-corrected chi connectivity index (χ2v) is 6.74. The molecule has 0 radical (unpaired) electrons. The number of hydrogen-bond donors (Lipinski definition) is 2. The van der Waals surface area contributed by atoms with E-state index in [4.69, 9.17) is 4.74 Å².